The van der Waals surface area contributed by atoms with Crippen molar-refractivity contribution in [1.29, 1.82) is 0 Å². The van der Waals surface area contributed by atoms with Gasteiger partial charge in [-0.1, -0.05) is 31.2 Å². The molecule has 6 rings (SSSR count). The van der Waals surface area contributed by atoms with E-state index in [1.165, 1.54) is 0 Å². The highest BCUT2D eigenvalue weighted by Gasteiger charge is 2.49. The first-order chi connectivity index (χ1) is 25.5. The average Bonchev–Trinajstić information content (AvgIpc) is 3.14. The Hall–Kier alpha value is -3.81. The molecule has 286 valence electrons. The zero-order valence-electron chi connectivity index (χ0n) is 31.5. The Bertz CT molecular complexity index is 1770. The van der Waals surface area contributed by atoms with Crippen molar-refractivity contribution in [3.8, 4) is 11.5 Å². The fourth-order valence-corrected chi connectivity index (χ4v) is 10.1. The number of unbranched alkanes of at least 4 members (excludes halogenated alkanes) is 1. The van der Waals surface area contributed by atoms with Gasteiger partial charge in [-0.2, -0.15) is 0 Å². The molecule has 53 heavy (non-hydrogen) atoms. The van der Waals surface area contributed by atoms with Gasteiger partial charge in [0.15, 0.2) is 0 Å². The Labute approximate surface area is 313 Å². The second-order valence-electron chi connectivity index (χ2n) is 15.1. The molecule has 6 atom stereocenters. The molecular formula is C41H54FN3O7Si. The summed E-state index contributed by atoms with van der Waals surface area (Å²) < 4.78 is 35.0. The van der Waals surface area contributed by atoms with Crippen molar-refractivity contribution in [2.45, 2.75) is 95.4 Å². The summed E-state index contributed by atoms with van der Waals surface area (Å²) >= 11 is 0. The molecule has 12 heteroatoms. The minimum atomic E-state index is -3.51. The number of hydrogen-bond donors (Lipinski definition) is 3. The maximum atomic E-state index is 16.4. The third-order valence-corrected chi connectivity index (χ3v) is 13.4. The molecule has 0 radical (unpaired) electrons. The molecule has 0 fully saturated rings. The SMILES string of the molecule is CCOc1ccc2c(c1)CC(NCCCCO)C(=O)N2c1ccc2c(c1)[C@@H](OC)[C@H](C)[C@@H](C(CC(=O)N1Cc3ccccc3C[C@H]1CO)[Si](C)(C)F)O2. The second-order valence-corrected chi connectivity index (χ2v) is 18.9. The van der Waals surface area contributed by atoms with Gasteiger partial charge < -0.3 is 38.7 Å². The van der Waals surface area contributed by atoms with E-state index in [2.05, 4.69) is 5.32 Å². The zero-order valence-corrected chi connectivity index (χ0v) is 32.5. The van der Waals surface area contributed by atoms with E-state index in [-0.39, 0.29) is 43.4 Å². The number of anilines is 2. The Morgan fingerprint density at radius 1 is 1.06 bits per heavy atom. The highest BCUT2D eigenvalue weighted by Crippen LogP contribution is 2.49. The van der Waals surface area contributed by atoms with Crippen LogP contribution in [0.4, 0.5) is 15.5 Å². The topological polar surface area (TPSA) is 121 Å². The van der Waals surface area contributed by atoms with Crippen molar-refractivity contribution in [1.82, 2.24) is 10.2 Å². The normalized spacial score (nSPS) is 23.1. The molecule has 3 aliphatic rings. The van der Waals surface area contributed by atoms with Crippen molar-refractivity contribution in [3.63, 3.8) is 0 Å². The molecule has 2 unspecified atom stereocenters. The van der Waals surface area contributed by atoms with Crippen LogP contribution < -0.4 is 19.7 Å². The Morgan fingerprint density at radius 2 is 1.83 bits per heavy atom. The molecule has 3 aromatic rings. The van der Waals surface area contributed by atoms with Crippen LogP contribution >= 0.6 is 0 Å². The van der Waals surface area contributed by atoms with Crippen molar-refractivity contribution in [2.75, 3.05) is 38.4 Å². The lowest BCUT2D eigenvalue weighted by Crippen LogP contribution is -2.51. The van der Waals surface area contributed by atoms with Crippen LogP contribution in [0.25, 0.3) is 0 Å². The fraction of sp³-hybridized carbons (Fsp3) is 0.512. The molecule has 10 nitrogen and oxygen atoms in total. The van der Waals surface area contributed by atoms with Gasteiger partial charge in [0, 0.05) is 49.4 Å². The fourth-order valence-electron chi connectivity index (χ4n) is 8.32. The molecule has 0 spiro atoms. The summed E-state index contributed by atoms with van der Waals surface area (Å²) in [6, 6.07) is 18.5. The van der Waals surface area contributed by atoms with E-state index in [4.69, 9.17) is 14.2 Å². The van der Waals surface area contributed by atoms with Crippen LogP contribution in [-0.4, -0.2) is 87.0 Å². The highest BCUT2D eigenvalue weighted by atomic mass is 28.4. The Kier molecular flexibility index (Phi) is 12.2. The molecule has 0 saturated heterocycles. The van der Waals surface area contributed by atoms with E-state index in [1.807, 2.05) is 74.5 Å². The quantitative estimate of drug-likeness (QED) is 0.104. The van der Waals surface area contributed by atoms with Gasteiger partial charge in [0.2, 0.25) is 20.2 Å². The van der Waals surface area contributed by atoms with Gasteiger partial charge >= 0.3 is 0 Å². The molecule has 0 aliphatic carbocycles. The van der Waals surface area contributed by atoms with Crippen LogP contribution in [0.15, 0.2) is 60.7 Å². The number of halogens is 1. The Morgan fingerprint density at radius 3 is 2.53 bits per heavy atom. The number of carbonyl (C=O) groups excluding carboxylic acids is 2. The lowest BCUT2D eigenvalue weighted by Gasteiger charge is -2.44. The van der Waals surface area contributed by atoms with E-state index < -0.39 is 32.2 Å². The minimum absolute atomic E-state index is 0.0390. The number of rotatable bonds is 14. The molecule has 3 heterocycles. The number of amides is 2. The monoisotopic (exact) mass is 747 g/mol. The van der Waals surface area contributed by atoms with E-state index in [9.17, 15) is 19.8 Å². The standard InChI is InChI=1S/C41H54FN3O7Si/c1-6-51-32-14-15-35-29(20-32)21-34(43-17-9-10-18-46)41(49)45(35)30-13-16-36-33(22-30)39(50-3)26(2)40(52-36)37(53(4,5)42)23-38(48)44-24-28-12-8-7-11-27(28)19-31(44)25-47/h7-8,11-16,20,22,26,31,34,37,39-40,43,46-47H,6,9-10,17-19,21,23-25H2,1-5H3/t26-,31-,34?,37?,39-,40-/m0/s1. The molecule has 0 saturated carbocycles. The number of methoxy groups -OCH3 is 1. The van der Waals surface area contributed by atoms with Crippen molar-refractivity contribution >= 4 is 31.6 Å². The summed E-state index contributed by atoms with van der Waals surface area (Å²) in [5.74, 6) is 0.670. The molecule has 0 bridgehead atoms. The molecular weight excluding hydrogens is 694 g/mol. The number of nitrogens with zero attached hydrogens (tertiary/aromatic N) is 2. The number of benzene rings is 3. The van der Waals surface area contributed by atoms with Crippen molar-refractivity contribution < 1.29 is 38.1 Å². The summed E-state index contributed by atoms with van der Waals surface area (Å²) in [6.45, 7) is 8.59. The lowest BCUT2D eigenvalue weighted by atomic mass is 9.85. The summed E-state index contributed by atoms with van der Waals surface area (Å²) in [4.78, 5) is 31.6. The number of aliphatic hydroxyl groups is 2. The van der Waals surface area contributed by atoms with Crippen LogP contribution in [0.1, 0.15) is 61.5 Å². The number of aliphatic hydroxyl groups excluding tert-OH is 2. The van der Waals surface area contributed by atoms with E-state index in [0.29, 0.717) is 50.4 Å². The minimum Gasteiger partial charge on any atom is -0.494 e. The zero-order chi connectivity index (χ0) is 37.9. The number of ether oxygens (including phenoxy) is 3. The molecule has 3 N–H and O–H groups in total. The number of carbonyl (C=O) groups is 2. The molecule has 3 aromatic carbocycles. The molecule has 0 aromatic heterocycles. The van der Waals surface area contributed by atoms with Crippen molar-refractivity contribution in [2.24, 2.45) is 5.92 Å². The van der Waals surface area contributed by atoms with Crippen LogP contribution in [0.3, 0.4) is 0 Å². The van der Waals surface area contributed by atoms with Crippen LogP contribution in [0.5, 0.6) is 11.5 Å². The van der Waals surface area contributed by atoms with Crippen LogP contribution in [-0.2, 0) is 33.7 Å². The summed E-state index contributed by atoms with van der Waals surface area (Å²) in [7, 11) is -1.88. The first kappa shape index (κ1) is 38.9. The number of nitrogens with one attached hydrogen (secondary N) is 1. The van der Waals surface area contributed by atoms with E-state index >= 15 is 4.11 Å². The van der Waals surface area contributed by atoms with Gasteiger partial charge in [-0.25, -0.2) is 0 Å². The maximum Gasteiger partial charge on any atom is 0.249 e. The number of hydrogen-bond acceptors (Lipinski definition) is 8. The number of fused-ring (bicyclic) bond motifs is 3. The van der Waals surface area contributed by atoms with Crippen LogP contribution in [0.2, 0.25) is 18.6 Å². The van der Waals surface area contributed by atoms with Gasteiger partial charge in [0.1, 0.15) is 17.6 Å². The third-order valence-electron chi connectivity index (χ3n) is 11.2. The van der Waals surface area contributed by atoms with E-state index in [0.717, 1.165) is 40.1 Å². The first-order valence-corrected chi connectivity index (χ1v) is 21.9. The summed E-state index contributed by atoms with van der Waals surface area (Å²) in [5.41, 5.74) is 4.63. The summed E-state index contributed by atoms with van der Waals surface area (Å²) in [5, 5.41) is 22.9. The lowest BCUT2D eigenvalue weighted by molar-refractivity contribution is -0.136. The van der Waals surface area contributed by atoms with Gasteiger partial charge in [0.05, 0.1) is 37.1 Å². The second kappa shape index (κ2) is 16.7. The smallest absolute Gasteiger partial charge is 0.249 e. The summed E-state index contributed by atoms with van der Waals surface area (Å²) in [6.07, 6.45) is 1.29. The predicted octanol–water partition coefficient (Wildman–Crippen LogP) is 6.00. The molecule has 2 amide bonds. The van der Waals surface area contributed by atoms with Gasteiger partial charge in [0.25, 0.3) is 0 Å². The third kappa shape index (κ3) is 8.17. The maximum absolute atomic E-state index is 16.4. The first-order valence-electron chi connectivity index (χ1n) is 18.9. The van der Waals surface area contributed by atoms with Crippen molar-refractivity contribution in [3.05, 3.63) is 82.9 Å². The Balaban J connectivity index is 1.29. The largest absolute Gasteiger partial charge is 0.494 e. The van der Waals surface area contributed by atoms with E-state index in [1.54, 1.807) is 30.0 Å². The molecule has 3 aliphatic heterocycles. The van der Waals surface area contributed by atoms with Gasteiger partial charge in [-0.05, 0) is 105 Å². The average molecular weight is 748 g/mol. The highest BCUT2D eigenvalue weighted by molar-refractivity contribution is 6.72. The van der Waals surface area contributed by atoms with Gasteiger partial charge in [-0.15, -0.1) is 0 Å². The van der Waals surface area contributed by atoms with Crippen LogP contribution in [0, 0.1) is 5.92 Å². The predicted molar refractivity (Wildman–Crippen MR) is 205 cm³/mol. The van der Waals surface area contributed by atoms with Gasteiger partial charge in [-0.3, -0.25) is 14.5 Å².